The molecular formula is C13H15N. The molecule has 0 spiro atoms. The maximum absolute atomic E-state index is 3.57. The average molecular weight is 185 g/mol. The minimum atomic E-state index is 0.624. The molecule has 0 amide bonds. The third-order valence-electron chi connectivity index (χ3n) is 3.31. The van der Waals surface area contributed by atoms with E-state index >= 15 is 0 Å². The van der Waals surface area contributed by atoms with Crippen LogP contribution in [0.4, 0.5) is 0 Å². The third-order valence-corrected chi connectivity index (χ3v) is 3.31. The molecule has 0 radical (unpaired) electrons. The Morgan fingerprint density at radius 3 is 3.00 bits per heavy atom. The lowest BCUT2D eigenvalue weighted by Crippen LogP contribution is -2.22. The lowest BCUT2D eigenvalue weighted by atomic mass is 9.99. The molecule has 1 fully saturated rings. The third kappa shape index (κ3) is 1.20. The molecule has 14 heavy (non-hydrogen) atoms. The van der Waals surface area contributed by atoms with Crippen molar-refractivity contribution in [1.29, 1.82) is 0 Å². The van der Waals surface area contributed by atoms with Crippen molar-refractivity contribution in [1.82, 2.24) is 5.32 Å². The first-order valence-corrected chi connectivity index (χ1v) is 5.47. The van der Waals surface area contributed by atoms with Crippen LogP contribution in [-0.4, -0.2) is 12.6 Å². The molecule has 2 aliphatic rings. The van der Waals surface area contributed by atoms with Crippen molar-refractivity contribution in [3.8, 4) is 0 Å². The molecule has 1 heterocycles. The fourth-order valence-electron chi connectivity index (χ4n) is 2.59. The number of fused-ring (bicyclic) bond motifs is 1. The van der Waals surface area contributed by atoms with E-state index in [0.29, 0.717) is 6.04 Å². The summed E-state index contributed by atoms with van der Waals surface area (Å²) in [6.07, 6.45) is 6.15. The molecule has 1 saturated heterocycles. The first-order valence-electron chi connectivity index (χ1n) is 5.47. The molecule has 72 valence electrons. The van der Waals surface area contributed by atoms with Crippen LogP contribution < -0.4 is 5.32 Å². The first-order chi connectivity index (χ1) is 6.95. The van der Waals surface area contributed by atoms with E-state index < -0.39 is 0 Å². The molecule has 1 atom stereocenters. The molecular weight excluding hydrogens is 170 g/mol. The van der Waals surface area contributed by atoms with Crippen LogP contribution in [0.15, 0.2) is 30.3 Å². The molecule has 0 saturated carbocycles. The van der Waals surface area contributed by atoms with Crippen molar-refractivity contribution in [2.24, 2.45) is 0 Å². The Labute approximate surface area is 84.8 Å². The van der Waals surface area contributed by atoms with Crippen LogP contribution in [0.25, 0.3) is 5.57 Å². The number of benzene rings is 1. The second-order valence-corrected chi connectivity index (χ2v) is 4.17. The van der Waals surface area contributed by atoms with Gasteiger partial charge in [0.05, 0.1) is 0 Å². The van der Waals surface area contributed by atoms with Crippen molar-refractivity contribution >= 4 is 5.57 Å². The van der Waals surface area contributed by atoms with E-state index in [1.54, 1.807) is 0 Å². The summed E-state index contributed by atoms with van der Waals surface area (Å²) >= 11 is 0. The van der Waals surface area contributed by atoms with Crippen LogP contribution in [-0.2, 0) is 6.42 Å². The van der Waals surface area contributed by atoms with Gasteiger partial charge in [0, 0.05) is 6.04 Å². The SMILES string of the molecule is C1=C(C2CCCN2)c2ccccc2C1. The molecule has 1 aromatic carbocycles. The van der Waals surface area contributed by atoms with Crippen LogP contribution in [0.1, 0.15) is 24.0 Å². The van der Waals surface area contributed by atoms with Crippen molar-refractivity contribution in [3.05, 3.63) is 41.5 Å². The van der Waals surface area contributed by atoms with Gasteiger partial charge in [-0.05, 0) is 42.5 Å². The second kappa shape index (κ2) is 3.25. The van der Waals surface area contributed by atoms with Gasteiger partial charge < -0.3 is 5.32 Å². The topological polar surface area (TPSA) is 12.0 Å². The molecule has 1 nitrogen and oxygen atoms in total. The fourth-order valence-corrected chi connectivity index (χ4v) is 2.59. The highest BCUT2D eigenvalue weighted by atomic mass is 14.9. The average Bonchev–Trinajstić information content (AvgIpc) is 2.85. The minimum absolute atomic E-state index is 0.624. The lowest BCUT2D eigenvalue weighted by molar-refractivity contribution is 0.744. The van der Waals surface area contributed by atoms with Crippen LogP contribution in [0.3, 0.4) is 0 Å². The van der Waals surface area contributed by atoms with Gasteiger partial charge in [-0.1, -0.05) is 30.3 Å². The molecule has 1 heteroatoms. The predicted octanol–water partition coefficient (Wildman–Crippen LogP) is 2.38. The number of nitrogens with one attached hydrogen (secondary N) is 1. The number of allylic oxidation sites excluding steroid dienone is 1. The Kier molecular flexibility index (Phi) is 1.91. The van der Waals surface area contributed by atoms with E-state index in [-0.39, 0.29) is 0 Å². The minimum Gasteiger partial charge on any atom is -0.310 e. The van der Waals surface area contributed by atoms with Gasteiger partial charge in [0.15, 0.2) is 0 Å². The lowest BCUT2D eigenvalue weighted by Gasteiger charge is -2.13. The molecule has 0 bridgehead atoms. The highest BCUT2D eigenvalue weighted by Gasteiger charge is 2.23. The largest absolute Gasteiger partial charge is 0.310 e. The summed E-state index contributed by atoms with van der Waals surface area (Å²) in [5, 5.41) is 3.57. The summed E-state index contributed by atoms with van der Waals surface area (Å²) in [5.41, 5.74) is 4.52. The zero-order chi connectivity index (χ0) is 9.38. The number of hydrogen-bond donors (Lipinski definition) is 1. The van der Waals surface area contributed by atoms with Crippen molar-refractivity contribution in [3.63, 3.8) is 0 Å². The number of hydrogen-bond acceptors (Lipinski definition) is 1. The fraction of sp³-hybridized carbons (Fsp3) is 0.385. The van der Waals surface area contributed by atoms with E-state index in [9.17, 15) is 0 Å². The van der Waals surface area contributed by atoms with E-state index in [1.807, 2.05) is 0 Å². The van der Waals surface area contributed by atoms with Gasteiger partial charge in [0.25, 0.3) is 0 Å². The Hall–Kier alpha value is -1.08. The highest BCUT2D eigenvalue weighted by molar-refractivity contribution is 5.76. The van der Waals surface area contributed by atoms with Gasteiger partial charge >= 0.3 is 0 Å². The monoisotopic (exact) mass is 185 g/mol. The predicted molar refractivity (Wildman–Crippen MR) is 59.1 cm³/mol. The summed E-state index contributed by atoms with van der Waals surface area (Å²) < 4.78 is 0. The van der Waals surface area contributed by atoms with E-state index in [0.717, 1.165) is 6.42 Å². The van der Waals surface area contributed by atoms with Crippen molar-refractivity contribution < 1.29 is 0 Å². The number of rotatable bonds is 1. The standard InChI is InChI=1S/C13H15N/c1-2-5-11-10(4-1)7-8-12(11)13-6-3-9-14-13/h1-2,4-5,8,13-14H,3,6-7,9H2. The van der Waals surface area contributed by atoms with Gasteiger partial charge in [-0.15, -0.1) is 0 Å². The van der Waals surface area contributed by atoms with Gasteiger partial charge in [-0.2, -0.15) is 0 Å². The Morgan fingerprint density at radius 2 is 2.14 bits per heavy atom. The molecule has 1 aromatic rings. The van der Waals surface area contributed by atoms with Crippen LogP contribution in [0.5, 0.6) is 0 Å². The summed E-state index contributed by atoms with van der Waals surface area (Å²) in [7, 11) is 0. The van der Waals surface area contributed by atoms with E-state index in [2.05, 4.69) is 35.7 Å². The van der Waals surface area contributed by atoms with Gasteiger partial charge in [0.1, 0.15) is 0 Å². The highest BCUT2D eigenvalue weighted by Crippen LogP contribution is 2.32. The Morgan fingerprint density at radius 1 is 1.21 bits per heavy atom. The molecule has 1 aliphatic carbocycles. The second-order valence-electron chi connectivity index (χ2n) is 4.17. The van der Waals surface area contributed by atoms with Crippen LogP contribution in [0, 0.1) is 0 Å². The molecule has 1 aliphatic heterocycles. The van der Waals surface area contributed by atoms with E-state index in [1.165, 1.54) is 36.1 Å². The Bertz CT molecular complexity index is 373. The summed E-state index contributed by atoms with van der Waals surface area (Å²) in [4.78, 5) is 0. The smallest absolute Gasteiger partial charge is 0.0323 e. The van der Waals surface area contributed by atoms with E-state index in [4.69, 9.17) is 0 Å². The van der Waals surface area contributed by atoms with Crippen LogP contribution in [0.2, 0.25) is 0 Å². The van der Waals surface area contributed by atoms with Crippen molar-refractivity contribution in [2.75, 3.05) is 6.54 Å². The van der Waals surface area contributed by atoms with Gasteiger partial charge in [-0.25, -0.2) is 0 Å². The Balaban J connectivity index is 1.95. The molecule has 1 unspecified atom stereocenters. The summed E-state index contributed by atoms with van der Waals surface area (Å²) in [6.45, 7) is 1.18. The van der Waals surface area contributed by atoms with Crippen molar-refractivity contribution in [2.45, 2.75) is 25.3 Å². The van der Waals surface area contributed by atoms with Crippen LogP contribution >= 0.6 is 0 Å². The maximum Gasteiger partial charge on any atom is 0.0323 e. The molecule has 1 N–H and O–H groups in total. The molecule has 0 aromatic heterocycles. The molecule has 3 rings (SSSR count). The maximum atomic E-state index is 3.57. The summed E-state index contributed by atoms with van der Waals surface area (Å²) in [6, 6.07) is 9.41. The summed E-state index contributed by atoms with van der Waals surface area (Å²) in [5.74, 6) is 0. The first kappa shape index (κ1) is 8.25. The zero-order valence-corrected chi connectivity index (χ0v) is 8.29. The normalized spacial score (nSPS) is 24.9. The zero-order valence-electron chi connectivity index (χ0n) is 8.29. The van der Waals surface area contributed by atoms with Gasteiger partial charge in [0.2, 0.25) is 0 Å². The quantitative estimate of drug-likeness (QED) is 0.708. The van der Waals surface area contributed by atoms with Gasteiger partial charge in [-0.3, -0.25) is 0 Å².